The SMILES string of the molecule is O=C(O)c1ccccc1S(=O)NCCCCN1C(=O)c2cccc3cccc(c23)C1=O. The van der Waals surface area contributed by atoms with Crippen molar-refractivity contribution in [2.75, 3.05) is 13.1 Å². The third-order valence-electron chi connectivity index (χ3n) is 5.21. The third kappa shape index (κ3) is 3.99. The summed E-state index contributed by atoms with van der Waals surface area (Å²) in [5.41, 5.74) is 1.04. The van der Waals surface area contributed by atoms with Crippen LogP contribution in [0.4, 0.5) is 0 Å². The maximum absolute atomic E-state index is 12.9. The number of carboxylic acids is 1. The first kappa shape index (κ1) is 20.9. The first-order valence-corrected chi connectivity index (χ1v) is 11.0. The summed E-state index contributed by atoms with van der Waals surface area (Å²) in [7, 11) is -1.66. The predicted octanol–water partition coefficient (Wildman–Crippen LogP) is 3.23. The van der Waals surface area contributed by atoms with Crippen LogP contribution in [0.25, 0.3) is 10.8 Å². The van der Waals surface area contributed by atoms with Crippen molar-refractivity contribution in [3.8, 4) is 0 Å². The molecule has 7 nitrogen and oxygen atoms in total. The molecule has 0 aromatic heterocycles. The summed E-state index contributed by atoms with van der Waals surface area (Å²) in [5.74, 6) is -1.74. The van der Waals surface area contributed by atoms with Gasteiger partial charge in [-0.1, -0.05) is 36.4 Å². The fourth-order valence-corrected chi connectivity index (χ4v) is 4.77. The lowest BCUT2D eigenvalue weighted by molar-refractivity contribution is 0.0606. The highest BCUT2D eigenvalue weighted by Gasteiger charge is 2.32. The quantitative estimate of drug-likeness (QED) is 0.417. The van der Waals surface area contributed by atoms with Gasteiger partial charge in [-0.2, -0.15) is 0 Å². The maximum Gasteiger partial charge on any atom is 0.336 e. The highest BCUT2D eigenvalue weighted by molar-refractivity contribution is 7.83. The van der Waals surface area contributed by atoms with E-state index in [0.29, 0.717) is 35.9 Å². The van der Waals surface area contributed by atoms with Gasteiger partial charge in [0.25, 0.3) is 11.8 Å². The number of imide groups is 1. The average Bonchev–Trinajstić information content (AvgIpc) is 2.78. The van der Waals surface area contributed by atoms with Gasteiger partial charge in [0, 0.05) is 29.6 Å². The topological polar surface area (TPSA) is 104 Å². The van der Waals surface area contributed by atoms with Crippen molar-refractivity contribution in [1.29, 1.82) is 0 Å². The van der Waals surface area contributed by atoms with E-state index >= 15 is 0 Å². The molecule has 0 fully saturated rings. The Morgan fingerprint density at radius 1 is 0.903 bits per heavy atom. The zero-order valence-electron chi connectivity index (χ0n) is 16.5. The van der Waals surface area contributed by atoms with E-state index in [2.05, 4.69) is 4.72 Å². The molecular weight excluding hydrogens is 416 g/mol. The van der Waals surface area contributed by atoms with Crippen LogP contribution in [0.5, 0.6) is 0 Å². The molecule has 0 saturated carbocycles. The van der Waals surface area contributed by atoms with Crippen LogP contribution in [-0.2, 0) is 11.0 Å². The van der Waals surface area contributed by atoms with E-state index in [0.717, 1.165) is 5.39 Å². The minimum absolute atomic E-state index is 0.00863. The number of carboxylic acid groups (broad SMARTS) is 1. The molecule has 3 aromatic rings. The Balaban J connectivity index is 1.36. The molecule has 3 aromatic carbocycles. The second kappa shape index (κ2) is 8.79. The molecular formula is C23H20N2O5S. The number of aromatic carboxylic acids is 1. The summed E-state index contributed by atoms with van der Waals surface area (Å²) >= 11 is 0. The molecule has 4 rings (SSSR count). The lowest BCUT2D eigenvalue weighted by Crippen LogP contribution is -2.41. The molecule has 31 heavy (non-hydrogen) atoms. The van der Waals surface area contributed by atoms with Crippen molar-refractivity contribution < 1.29 is 23.7 Å². The molecule has 8 heteroatoms. The second-order valence-electron chi connectivity index (χ2n) is 7.14. The molecule has 2 amide bonds. The van der Waals surface area contributed by atoms with Gasteiger partial charge in [-0.15, -0.1) is 0 Å². The summed E-state index contributed by atoms with van der Waals surface area (Å²) in [5, 5.41) is 10.8. The Labute approximate surface area is 181 Å². The third-order valence-corrected chi connectivity index (χ3v) is 6.44. The Hall–Kier alpha value is -3.36. The Morgan fingerprint density at radius 2 is 1.55 bits per heavy atom. The number of unbranched alkanes of at least 4 members (excludes halogenated alkanes) is 1. The van der Waals surface area contributed by atoms with Gasteiger partial charge in [0.2, 0.25) is 0 Å². The molecule has 0 spiro atoms. The normalized spacial score (nSPS) is 14.1. The number of carbonyl (C=O) groups is 3. The number of nitrogens with zero attached hydrogens (tertiary/aromatic N) is 1. The van der Waals surface area contributed by atoms with E-state index in [-0.39, 0.29) is 28.8 Å². The maximum atomic E-state index is 12.9. The lowest BCUT2D eigenvalue weighted by atomic mass is 9.94. The molecule has 0 radical (unpaired) electrons. The molecule has 1 unspecified atom stereocenters. The van der Waals surface area contributed by atoms with Gasteiger partial charge in [0.05, 0.1) is 10.5 Å². The van der Waals surface area contributed by atoms with Crippen molar-refractivity contribution in [2.45, 2.75) is 17.7 Å². The van der Waals surface area contributed by atoms with E-state index in [4.69, 9.17) is 0 Å². The fraction of sp³-hybridized carbons (Fsp3) is 0.174. The summed E-state index contributed by atoms with van der Waals surface area (Å²) in [6.45, 7) is 0.603. The Bertz CT molecular complexity index is 1170. The van der Waals surface area contributed by atoms with Crippen molar-refractivity contribution in [1.82, 2.24) is 9.62 Å². The van der Waals surface area contributed by atoms with Gasteiger partial charge in [-0.25, -0.2) is 13.7 Å². The molecule has 0 aliphatic carbocycles. The van der Waals surface area contributed by atoms with E-state index in [1.165, 1.54) is 17.0 Å². The number of benzene rings is 3. The largest absolute Gasteiger partial charge is 0.478 e. The van der Waals surface area contributed by atoms with Gasteiger partial charge in [0.1, 0.15) is 11.0 Å². The van der Waals surface area contributed by atoms with Gasteiger partial charge >= 0.3 is 5.97 Å². The minimum atomic E-state index is -1.66. The molecule has 0 bridgehead atoms. The van der Waals surface area contributed by atoms with E-state index < -0.39 is 17.0 Å². The number of hydrogen-bond donors (Lipinski definition) is 2. The van der Waals surface area contributed by atoms with Gasteiger partial charge < -0.3 is 5.11 Å². The van der Waals surface area contributed by atoms with Crippen molar-refractivity contribution in [3.63, 3.8) is 0 Å². The Morgan fingerprint density at radius 3 is 2.19 bits per heavy atom. The monoisotopic (exact) mass is 436 g/mol. The van der Waals surface area contributed by atoms with E-state index in [9.17, 15) is 23.7 Å². The summed E-state index contributed by atoms with van der Waals surface area (Å²) in [4.78, 5) is 38.4. The molecule has 158 valence electrons. The first-order chi connectivity index (χ1) is 15.0. The summed E-state index contributed by atoms with van der Waals surface area (Å²) < 4.78 is 15.2. The molecule has 1 aliphatic heterocycles. The van der Waals surface area contributed by atoms with Crippen LogP contribution in [0.3, 0.4) is 0 Å². The summed E-state index contributed by atoms with van der Waals surface area (Å²) in [6, 6.07) is 17.0. The smallest absolute Gasteiger partial charge is 0.336 e. The predicted molar refractivity (Wildman–Crippen MR) is 116 cm³/mol. The van der Waals surface area contributed by atoms with Crippen LogP contribution in [0.15, 0.2) is 65.6 Å². The van der Waals surface area contributed by atoms with Gasteiger partial charge in [-0.05, 0) is 42.5 Å². The second-order valence-corrected chi connectivity index (χ2v) is 8.41. The van der Waals surface area contributed by atoms with Crippen LogP contribution >= 0.6 is 0 Å². The highest BCUT2D eigenvalue weighted by Crippen LogP contribution is 2.30. The van der Waals surface area contributed by atoms with Crippen LogP contribution in [0.1, 0.15) is 43.9 Å². The van der Waals surface area contributed by atoms with Crippen molar-refractivity contribution in [3.05, 3.63) is 77.4 Å². The molecule has 2 N–H and O–H groups in total. The number of carbonyl (C=O) groups excluding carboxylic acids is 2. The fourth-order valence-electron chi connectivity index (χ4n) is 3.73. The van der Waals surface area contributed by atoms with Crippen LogP contribution in [0, 0.1) is 0 Å². The average molecular weight is 436 g/mol. The zero-order chi connectivity index (χ0) is 22.0. The van der Waals surface area contributed by atoms with Crippen LogP contribution in [0.2, 0.25) is 0 Å². The molecule has 1 heterocycles. The van der Waals surface area contributed by atoms with E-state index in [1.807, 2.05) is 24.3 Å². The standard InChI is InChI=1S/C23H20N2O5S/c26-21-17-10-5-7-15-8-6-11-18(20(15)17)22(27)25(21)14-4-3-13-24-31(30)19-12-2-1-9-16(19)23(28)29/h1-2,5-12,24H,3-4,13-14H2,(H,28,29). The minimum Gasteiger partial charge on any atom is -0.478 e. The van der Waals surface area contributed by atoms with E-state index in [1.54, 1.807) is 24.3 Å². The molecule has 1 aliphatic rings. The molecule has 0 saturated heterocycles. The molecule has 1 atom stereocenters. The van der Waals surface area contributed by atoms with Gasteiger partial charge in [0.15, 0.2) is 0 Å². The van der Waals surface area contributed by atoms with Crippen molar-refractivity contribution in [2.24, 2.45) is 0 Å². The number of rotatable bonds is 8. The Kier molecular flexibility index (Phi) is 5.92. The lowest BCUT2D eigenvalue weighted by Gasteiger charge is -2.27. The highest BCUT2D eigenvalue weighted by atomic mass is 32.2. The number of hydrogen-bond acceptors (Lipinski definition) is 4. The van der Waals surface area contributed by atoms with Crippen LogP contribution in [-0.4, -0.2) is 45.1 Å². The van der Waals surface area contributed by atoms with Gasteiger partial charge in [-0.3, -0.25) is 14.5 Å². The summed E-state index contributed by atoms with van der Waals surface area (Å²) in [6.07, 6.45) is 1.09. The van der Waals surface area contributed by atoms with Crippen molar-refractivity contribution >= 4 is 39.5 Å². The number of nitrogens with one attached hydrogen (secondary N) is 1. The first-order valence-electron chi connectivity index (χ1n) is 9.84. The van der Waals surface area contributed by atoms with Crippen LogP contribution < -0.4 is 4.72 Å². The number of amides is 2. The zero-order valence-corrected chi connectivity index (χ0v) is 17.4.